The molecular weight excluding hydrogens is 498 g/mol. The topological polar surface area (TPSA) is 91.5 Å². The Morgan fingerprint density at radius 3 is 2.36 bits per heavy atom. The number of benzene rings is 2. The molecule has 3 aromatic rings. The SMILES string of the molecule is C[C@@H]1CN(C(=O)C2CCC(NS(=O)(=O)c3ccc4c(Cl)c(-c5ccccc5)[nH]c4c3)CC2)C[C@H](C)O1. The van der Waals surface area contributed by atoms with Crippen molar-refractivity contribution in [1.82, 2.24) is 14.6 Å². The molecule has 0 spiro atoms. The van der Waals surface area contributed by atoms with Crippen LogP contribution in [-0.2, 0) is 19.6 Å². The average Bonchev–Trinajstić information content (AvgIpc) is 3.19. The third kappa shape index (κ3) is 5.18. The third-order valence-corrected chi connectivity index (χ3v) is 9.12. The van der Waals surface area contributed by atoms with Gasteiger partial charge in [-0.25, -0.2) is 13.1 Å². The van der Waals surface area contributed by atoms with Crippen LogP contribution in [-0.4, -0.2) is 55.5 Å². The fourth-order valence-electron chi connectivity index (χ4n) is 5.47. The maximum Gasteiger partial charge on any atom is 0.240 e. The minimum absolute atomic E-state index is 0.0384. The van der Waals surface area contributed by atoms with E-state index in [-0.39, 0.29) is 35.0 Å². The number of carbonyl (C=O) groups is 1. The summed E-state index contributed by atoms with van der Waals surface area (Å²) in [5.74, 6) is 0.110. The number of fused-ring (bicyclic) bond motifs is 1. The highest BCUT2D eigenvalue weighted by atomic mass is 35.5. The van der Waals surface area contributed by atoms with Gasteiger partial charge in [-0.05, 0) is 63.3 Å². The van der Waals surface area contributed by atoms with E-state index in [1.165, 1.54) is 0 Å². The van der Waals surface area contributed by atoms with E-state index >= 15 is 0 Å². The van der Waals surface area contributed by atoms with E-state index in [0.717, 1.165) is 16.6 Å². The molecule has 2 atom stereocenters. The van der Waals surface area contributed by atoms with E-state index in [0.29, 0.717) is 49.3 Å². The zero-order valence-corrected chi connectivity index (χ0v) is 22.1. The summed E-state index contributed by atoms with van der Waals surface area (Å²) < 4.78 is 35.0. The first-order chi connectivity index (χ1) is 17.2. The lowest BCUT2D eigenvalue weighted by atomic mass is 9.85. The van der Waals surface area contributed by atoms with Crippen molar-refractivity contribution in [3.05, 3.63) is 53.6 Å². The number of aromatic nitrogens is 1. The molecule has 5 rings (SSSR count). The molecule has 36 heavy (non-hydrogen) atoms. The number of rotatable bonds is 5. The van der Waals surface area contributed by atoms with Crippen molar-refractivity contribution in [2.75, 3.05) is 13.1 Å². The standard InChI is InChI=1S/C27H32ClN3O4S/c1-17-15-31(16-18(2)35-17)27(32)20-8-10-21(11-9-20)30-36(33,34)22-12-13-23-24(14-22)29-26(25(23)28)19-6-4-3-5-7-19/h3-7,12-14,17-18,20-21,29-30H,8-11,15-16H2,1-2H3/t17-,18+,20?,21?. The number of carbonyl (C=O) groups excluding carboxylic acids is 1. The van der Waals surface area contributed by atoms with Crippen LogP contribution in [0.1, 0.15) is 39.5 Å². The van der Waals surface area contributed by atoms with Gasteiger partial charge >= 0.3 is 0 Å². The Kier molecular flexibility index (Phi) is 7.14. The van der Waals surface area contributed by atoms with Gasteiger partial charge in [0.2, 0.25) is 15.9 Å². The summed E-state index contributed by atoms with van der Waals surface area (Å²) in [6.07, 6.45) is 2.71. The minimum atomic E-state index is -3.72. The molecular formula is C27H32ClN3O4S. The molecule has 1 aromatic heterocycles. The molecule has 2 fully saturated rings. The molecule has 192 valence electrons. The Morgan fingerprint density at radius 1 is 1.03 bits per heavy atom. The number of ether oxygens (including phenoxy) is 1. The van der Waals surface area contributed by atoms with Gasteiger partial charge in [0.15, 0.2) is 0 Å². The largest absolute Gasteiger partial charge is 0.372 e. The zero-order chi connectivity index (χ0) is 25.4. The van der Waals surface area contributed by atoms with Crippen LogP contribution in [0.25, 0.3) is 22.2 Å². The Bertz CT molecular complexity index is 1340. The fraction of sp³-hybridized carbons (Fsp3) is 0.444. The second-order valence-corrected chi connectivity index (χ2v) is 12.1. The number of morpholine rings is 1. The van der Waals surface area contributed by atoms with Crippen LogP contribution in [0, 0.1) is 5.92 Å². The van der Waals surface area contributed by atoms with Gasteiger partial charge in [-0.3, -0.25) is 4.79 Å². The Balaban J connectivity index is 1.25. The summed E-state index contributed by atoms with van der Waals surface area (Å²) in [7, 11) is -3.72. The van der Waals surface area contributed by atoms with Crippen molar-refractivity contribution in [3.63, 3.8) is 0 Å². The summed E-state index contributed by atoms with van der Waals surface area (Å²) in [6.45, 7) is 5.21. The van der Waals surface area contributed by atoms with Gasteiger partial charge in [0.25, 0.3) is 0 Å². The number of sulfonamides is 1. The molecule has 1 amide bonds. The number of H-pyrrole nitrogens is 1. The van der Waals surface area contributed by atoms with E-state index in [2.05, 4.69) is 9.71 Å². The van der Waals surface area contributed by atoms with Crippen molar-refractivity contribution in [2.24, 2.45) is 5.92 Å². The predicted molar refractivity (Wildman–Crippen MR) is 141 cm³/mol. The first-order valence-corrected chi connectivity index (χ1v) is 14.4. The summed E-state index contributed by atoms with van der Waals surface area (Å²) in [5.41, 5.74) is 2.38. The number of nitrogens with zero attached hydrogens (tertiary/aromatic N) is 1. The number of halogens is 1. The van der Waals surface area contributed by atoms with Gasteiger partial charge in [0.05, 0.1) is 27.8 Å². The lowest BCUT2D eigenvalue weighted by Gasteiger charge is -2.38. The maximum atomic E-state index is 13.2. The number of amides is 1. The van der Waals surface area contributed by atoms with Gasteiger partial charge in [0.1, 0.15) is 0 Å². The van der Waals surface area contributed by atoms with Crippen LogP contribution in [0.15, 0.2) is 53.4 Å². The minimum Gasteiger partial charge on any atom is -0.372 e. The third-order valence-electron chi connectivity index (χ3n) is 7.21. The van der Waals surface area contributed by atoms with Gasteiger partial charge in [0, 0.05) is 36.0 Å². The van der Waals surface area contributed by atoms with E-state index in [9.17, 15) is 13.2 Å². The van der Waals surface area contributed by atoms with Crippen molar-refractivity contribution in [2.45, 2.75) is 62.7 Å². The molecule has 0 unspecified atom stereocenters. The van der Waals surface area contributed by atoms with Crippen LogP contribution < -0.4 is 4.72 Å². The molecule has 1 aliphatic carbocycles. The van der Waals surface area contributed by atoms with E-state index in [4.69, 9.17) is 16.3 Å². The lowest BCUT2D eigenvalue weighted by Crippen LogP contribution is -2.51. The Labute approximate surface area is 217 Å². The van der Waals surface area contributed by atoms with Crippen LogP contribution in [0.5, 0.6) is 0 Å². The van der Waals surface area contributed by atoms with Gasteiger partial charge in [-0.15, -0.1) is 0 Å². The monoisotopic (exact) mass is 529 g/mol. The van der Waals surface area contributed by atoms with Crippen molar-refractivity contribution < 1.29 is 17.9 Å². The molecule has 0 bridgehead atoms. The number of nitrogens with one attached hydrogen (secondary N) is 2. The molecule has 2 N–H and O–H groups in total. The maximum absolute atomic E-state index is 13.2. The van der Waals surface area contributed by atoms with E-state index in [1.807, 2.05) is 49.1 Å². The summed E-state index contributed by atoms with van der Waals surface area (Å²) in [4.78, 5) is 18.4. The van der Waals surface area contributed by atoms with Gasteiger partial charge in [-0.2, -0.15) is 0 Å². The molecule has 1 aliphatic heterocycles. The first kappa shape index (κ1) is 25.3. The van der Waals surface area contributed by atoms with Crippen molar-refractivity contribution in [1.29, 1.82) is 0 Å². The summed E-state index contributed by atoms with van der Waals surface area (Å²) in [5, 5.41) is 1.35. The molecule has 1 saturated heterocycles. The van der Waals surface area contributed by atoms with Crippen LogP contribution in [0.2, 0.25) is 5.02 Å². The average molecular weight is 530 g/mol. The summed E-state index contributed by atoms with van der Waals surface area (Å²) >= 11 is 6.59. The van der Waals surface area contributed by atoms with E-state index in [1.54, 1.807) is 18.2 Å². The molecule has 9 heteroatoms. The molecule has 2 heterocycles. The van der Waals surface area contributed by atoms with Gasteiger partial charge in [-0.1, -0.05) is 41.9 Å². The van der Waals surface area contributed by atoms with E-state index < -0.39 is 10.0 Å². The number of hydrogen-bond donors (Lipinski definition) is 2. The molecule has 7 nitrogen and oxygen atoms in total. The van der Waals surface area contributed by atoms with Gasteiger partial charge < -0.3 is 14.6 Å². The molecule has 1 saturated carbocycles. The second kappa shape index (κ2) is 10.2. The predicted octanol–water partition coefficient (Wildman–Crippen LogP) is 4.96. The van der Waals surface area contributed by atoms with Crippen molar-refractivity contribution >= 4 is 38.4 Å². The quantitative estimate of drug-likeness (QED) is 0.488. The number of aromatic amines is 1. The summed E-state index contributed by atoms with van der Waals surface area (Å²) in [6, 6.07) is 14.5. The zero-order valence-electron chi connectivity index (χ0n) is 20.5. The second-order valence-electron chi connectivity index (χ2n) is 10.1. The smallest absolute Gasteiger partial charge is 0.240 e. The van der Waals surface area contributed by atoms with Crippen LogP contribution in [0.3, 0.4) is 0 Å². The normalized spacial score (nSPS) is 25.2. The molecule has 2 aliphatic rings. The molecule has 0 radical (unpaired) electrons. The molecule has 2 aromatic carbocycles. The number of hydrogen-bond acceptors (Lipinski definition) is 4. The van der Waals surface area contributed by atoms with Crippen LogP contribution in [0.4, 0.5) is 0 Å². The highest BCUT2D eigenvalue weighted by Gasteiger charge is 2.34. The fourth-order valence-corrected chi connectivity index (χ4v) is 7.13. The van der Waals surface area contributed by atoms with Crippen molar-refractivity contribution in [3.8, 4) is 11.3 Å². The highest BCUT2D eigenvalue weighted by Crippen LogP contribution is 2.35. The van der Waals surface area contributed by atoms with Crippen LogP contribution >= 0.6 is 11.6 Å². The highest BCUT2D eigenvalue weighted by molar-refractivity contribution is 7.89. The first-order valence-electron chi connectivity index (χ1n) is 12.5. The Hall–Kier alpha value is -2.39. The Morgan fingerprint density at radius 2 is 1.69 bits per heavy atom. The lowest BCUT2D eigenvalue weighted by molar-refractivity contribution is -0.148.